The average molecular weight is 277 g/mol. The van der Waals surface area contributed by atoms with Gasteiger partial charge in [0.05, 0.1) is 0 Å². The van der Waals surface area contributed by atoms with E-state index in [9.17, 15) is 4.39 Å². The third kappa shape index (κ3) is 4.05. The minimum atomic E-state index is -0.0784. The minimum absolute atomic E-state index is 0.0784. The Balaban J connectivity index is 1.87. The van der Waals surface area contributed by atoms with E-state index in [0.717, 1.165) is 24.4 Å². The largest absolute Gasteiger partial charge is 0.313 e. The Kier molecular flexibility index (Phi) is 5.20. The van der Waals surface area contributed by atoms with Crippen LogP contribution in [0, 0.1) is 17.2 Å². The summed E-state index contributed by atoms with van der Waals surface area (Å²) in [5.74, 6) is 0.655. The fourth-order valence-electron chi connectivity index (χ4n) is 3.51. The molecule has 1 aliphatic carbocycles. The molecule has 0 heterocycles. The molecule has 1 aliphatic rings. The van der Waals surface area contributed by atoms with Gasteiger partial charge in [0.1, 0.15) is 5.82 Å². The van der Waals surface area contributed by atoms with Crippen LogP contribution in [-0.4, -0.2) is 12.6 Å². The molecule has 1 fully saturated rings. The first kappa shape index (κ1) is 15.5. The number of benzene rings is 1. The molecule has 1 saturated carbocycles. The van der Waals surface area contributed by atoms with Gasteiger partial charge in [0, 0.05) is 6.04 Å². The lowest BCUT2D eigenvalue weighted by atomic mass is 9.69. The van der Waals surface area contributed by atoms with E-state index in [2.05, 4.69) is 26.1 Å². The van der Waals surface area contributed by atoms with E-state index >= 15 is 0 Å². The standard InChI is InChI=1S/C18H28FN/c1-18(2,3)15-9-5-7-11-17(15)20-13-12-14-8-4-6-10-16(14)19/h4,6,8,10,15,17,20H,5,7,9,11-13H2,1-3H3. The van der Waals surface area contributed by atoms with Crippen molar-refractivity contribution in [3.05, 3.63) is 35.6 Å². The van der Waals surface area contributed by atoms with E-state index in [1.807, 2.05) is 12.1 Å². The van der Waals surface area contributed by atoms with Crippen LogP contribution >= 0.6 is 0 Å². The van der Waals surface area contributed by atoms with Gasteiger partial charge in [-0.15, -0.1) is 0 Å². The second kappa shape index (κ2) is 6.71. The summed E-state index contributed by atoms with van der Waals surface area (Å²) in [4.78, 5) is 0. The number of halogens is 1. The van der Waals surface area contributed by atoms with Crippen molar-refractivity contribution in [2.45, 2.75) is 58.9 Å². The van der Waals surface area contributed by atoms with Gasteiger partial charge in [-0.25, -0.2) is 4.39 Å². The first-order valence-electron chi connectivity index (χ1n) is 7.95. The number of nitrogens with one attached hydrogen (secondary N) is 1. The predicted octanol–water partition coefficient (Wildman–Crippen LogP) is 4.56. The average Bonchev–Trinajstić information content (AvgIpc) is 2.40. The molecule has 0 amide bonds. The Morgan fingerprint density at radius 3 is 2.55 bits per heavy atom. The Bertz CT molecular complexity index is 422. The molecule has 1 N–H and O–H groups in total. The quantitative estimate of drug-likeness (QED) is 0.850. The molecule has 1 nitrogen and oxygen atoms in total. The molecule has 0 bridgehead atoms. The second-order valence-electron chi connectivity index (χ2n) is 7.16. The van der Waals surface area contributed by atoms with Crippen molar-refractivity contribution < 1.29 is 4.39 Å². The number of hydrogen-bond acceptors (Lipinski definition) is 1. The Morgan fingerprint density at radius 1 is 1.15 bits per heavy atom. The van der Waals surface area contributed by atoms with Gasteiger partial charge in [-0.05, 0) is 48.8 Å². The highest BCUT2D eigenvalue weighted by molar-refractivity contribution is 5.17. The van der Waals surface area contributed by atoms with Crippen LogP contribution in [-0.2, 0) is 6.42 Å². The minimum Gasteiger partial charge on any atom is -0.313 e. The lowest BCUT2D eigenvalue weighted by Gasteiger charge is -2.41. The predicted molar refractivity (Wildman–Crippen MR) is 83.3 cm³/mol. The molecule has 112 valence electrons. The summed E-state index contributed by atoms with van der Waals surface area (Å²) in [5.41, 5.74) is 1.18. The molecule has 1 aromatic carbocycles. The zero-order valence-corrected chi connectivity index (χ0v) is 13.1. The third-order valence-electron chi connectivity index (χ3n) is 4.64. The zero-order valence-electron chi connectivity index (χ0n) is 13.1. The second-order valence-corrected chi connectivity index (χ2v) is 7.16. The Labute approximate surface area is 123 Å². The molecule has 2 unspecified atom stereocenters. The Hall–Kier alpha value is -0.890. The molecular weight excluding hydrogens is 249 g/mol. The maximum Gasteiger partial charge on any atom is 0.126 e. The smallest absolute Gasteiger partial charge is 0.126 e. The van der Waals surface area contributed by atoms with Crippen LogP contribution in [0.4, 0.5) is 4.39 Å². The van der Waals surface area contributed by atoms with Crippen molar-refractivity contribution >= 4 is 0 Å². The molecule has 20 heavy (non-hydrogen) atoms. The van der Waals surface area contributed by atoms with Crippen LogP contribution in [0.15, 0.2) is 24.3 Å². The van der Waals surface area contributed by atoms with Gasteiger partial charge in [0.25, 0.3) is 0 Å². The van der Waals surface area contributed by atoms with E-state index in [1.165, 1.54) is 25.7 Å². The summed E-state index contributed by atoms with van der Waals surface area (Å²) >= 11 is 0. The van der Waals surface area contributed by atoms with Gasteiger partial charge in [0.15, 0.2) is 0 Å². The summed E-state index contributed by atoms with van der Waals surface area (Å²) in [6.45, 7) is 7.90. The van der Waals surface area contributed by atoms with Gasteiger partial charge in [-0.3, -0.25) is 0 Å². The number of rotatable bonds is 4. The molecule has 2 rings (SSSR count). The fourth-order valence-corrected chi connectivity index (χ4v) is 3.51. The molecule has 2 atom stereocenters. The van der Waals surface area contributed by atoms with Crippen LogP contribution in [0.3, 0.4) is 0 Å². The van der Waals surface area contributed by atoms with Crippen molar-refractivity contribution in [2.75, 3.05) is 6.54 Å². The van der Waals surface area contributed by atoms with Crippen LogP contribution in [0.2, 0.25) is 0 Å². The van der Waals surface area contributed by atoms with E-state index < -0.39 is 0 Å². The van der Waals surface area contributed by atoms with E-state index in [1.54, 1.807) is 12.1 Å². The van der Waals surface area contributed by atoms with Gasteiger partial charge in [-0.1, -0.05) is 51.8 Å². The molecule has 0 aliphatic heterocycles. The summed E-state index contributed by atoms with van der Waals surface area (Å²) in [6, 6.07) is 7.70. The van der Waals surface area contributed by atoms with Gasteiger partial charge in [0.2, 0.25) is 0 Å². The van der Waals surface area contributed by atoms with Crippen molar-refractivity contribution in [1.29, 1.82) is 0 Å². The molecule has 2 heteroatoms. The van der Waals surface area contributed by atoms with E-state index in [4.69, 9.17) is 0 Å². The summed E-state index contributed by atoms with van der Waals surface area (Å²) < 4.78 is 13.6. The van der Waals surface area contributed by atoms with Gasteiger partial charge >= 0.3 is 0 Å². The van der Waals surface area contributed by atoms with Crippen molar-refractivity contribution in [2.24, 2.45) is 11.3 Å². The monoisotopic (exact) mass is 277 g/mol. The van der Waals surface area contributed by atoms with E-state index in [0.29, 0.717) is 11.5 Å². The van der Waals surface area contributed by atoms with Crippen LogP contribution in [0.5, 0.6) is 0 Å². The van der Waals surface area contributed by atoms with Gasteiger partial charge < -0.3 is 5.32 Å². The van der Waals surface area contributed by atoms with Gasteiger partial charge in [-0.2, -0.15) is 0 Å². The molecule has 1 aromatic rings. The highest BCUT2D eigenvalue weighted by Crippen LogP contribution is 2.37. The SMILES string of the molecule is CC(C)(C)C1CCCCC1NCCc1ccccc1F. The van der Waals surface area contributed by atoms with Crippen LogP contribution in [0.1, 0.15) is 52.0 Å². The fraction of sp³-hybridized carbons (Fsp3) is 0.667. The first-order chi connectivity index (χ1) is 9.48. The molecule has 0 spiro atoms. The summed E-state index contributed by atoms with van der Waals surface area (Å²) in [7, 11) is 0. The highest BCUT2D eigenvalue weighted by atomic mass is 19.1. The summed E-state index contributed by atoms with van der Waals surface area (Å²) in [6.07, 6.45) is 6.04. The Morgan fingerprint density at radius 2 is 1.85 bits per heavy atom. The van der Waals surface area contributed by atoms with E-state index in [-0.39, 0.29) is 5.82 Å². The molecule has 0 saturated heterocycles. The molecular formula is C18H28FN. The first-order valence-corrected chi connectivity index (χ1v) is 7.95. The third-order valence-corrected chi connectivity index (χ3v) is 4.64. The maximum absolute atomic E-state index is 13.6. The lowest BCUT2D eigenvalue weighted by molar-refractivity contribution is 0.131. The highest BCUT2D eigenvalue weighted by Gasteiger charge is 2.33. The van der Waals surface area contributed by atoms with Crippen LogP contribution in [0.25, 0.3) is 0 Å². The van der Waals surface area contributed by atoms with Crippen molar-refractivity contribution in [3.8, 4) is 0 Å². The number of hydrogen-bond donors (Lipinski definition) is 1. The van der Waals surface area contributed by atoms with Crippen molar-refractivity contribution in [3.63, 3.8) is 0 Å². The zero-order chi connectivity index (χ0) is 14.6. The lowest BCUT2D eigenvalue weighted by Crippen LogP contribution is -2.44. The normalized spacial score (nSPS) is 23.8. The topological polar surface area (TPSA) is 12.0 Å². The molecule has 0 aromatic heterocycles. The molecule has 0 radical (unpaired) electrons. The van der Waals surface area contributed by atoms with Crippen molar-refractivity contribution in [1.82, 2.24) is 5.32 Å². The summed E-state index contributed by atoms with van der Waals surface area (Å²) in [5, 5.41) is 3.69. The maximum atomic E-state index is 13.6. The van der Waals surface area contributed by atoms with Crippen LogP contribution < -0.4 is 5.32 Å².